The number of hydrogen-bond acceptors (Lipinski definition) is 6. The van der Waals surface area contributed by atoms with Gasteiger partial charge < -0.3 is 15.2 Å². The highest BCUT2D eigenvalue weighted by atomic mass is 16.5. The predicted octanol–water partition coefficient (Wildman–Crippen LogP) is 4.03. The van der Waals surface area contributed by atoms with Gasteiger partial charge in [-0.3, -0.25) is 14.5 Å². The van der Waals surface area contributed by atoms with Gasteiger partial charge in [0.2, 0.25) is 17.6 Å². The Morgan fingerprint density at radius 2 is 1.79 bits per heavy atom. The lowest BCUT2D eigenvalue weighted by atomic mass is 9.95. The summed E-state index contributed by atoms with van der Waals surface area (Å²) in [5, 5.41) is 9.98. The standard InChI is InChI=1S/C26H31N5O3/c1-17(2)27-26(33)21-10-6-7-11-22(21)28-25(32)19-12-14-31(15-13-19)16-23-29-24(30-34-23)20-9-5-4-8-18(20)3/h4-11,17,19H,12-16H2,1-3H3,(H,27,33)(H,28,32). The Morgan fingerprint density at radius 1 is 1.09 bits per heavy atom. The van der Waals surface area contributed by atoms with Crippen LogP contribution < -0.4 is 10.6 Å². The summed E-state index contributed by atoms with van der Waals surface area (Å²) >= 11 is 0. The van der Waals surface area contributed by atoms with Crippen LogP contribution in [0.1, 0.15) is 48.5 Å². The summed E-state index contributed by atoms with van der Waals surface area (Å²) in [5.41, 5.74) is 3.09. The van der Waals surface area contributed by atoms with Gasteiger partial charge in [0, 0.05) is 17.5 Å². The minimum Gasteiger partial charge on any atom is -0.350 e. The van der Waals surface area contributed by atoms with Crippen molar-refractivity contribution in [3.63, 3.8) is 0 Å². The summed E-state index contributed by atoms with van der Waals surface area (Å²) in [4.78, 5) is 32.2. The number of anilines is 1. The lowest BCUT2D eigenvalue weighted by Gasteiger charge is -2.30. The molecule has 0 saturated carbocycles. The second-order valence-corrected chi connectivity index (χ2v) is 9.04. The molecule has 0 bridgehead atoms. The second-order valence-electron chi connectivity index (χ2n) is 9.04. The molecule has 1 aliphatic rings. The van der Waals surface area contributed by atoms with Gasteiger partial charge in [-0.2, -0.15) is 4.98 Å². The quantitative estimate of drug-likeness (QED) is 0.551. The SMILES string of the molecule is Cc1ccccc1-c1noc(CN2CCC(C(=O)Nc3ccccc3C(=O)NC(C)C)CC2)n1. The highest BCUT2D eigenvalue weighted by molar-refractivity contribution is 6.04. The number of aryl methyl sites for hydroxylation is 1. The fourth-order valence-electron chi connectivity index (χ4n) is 4.16. The van der Waals surface area contributed by atoms with E-state index in [1.165, 1.54) is 0 Å². The van der Waals surface area contributed by atoms with E-state index >= 15 is 0 Å². The van der Waals surface area contributed by atoms with E-state index in [9.17, 15) is 9.59 Å². The van der Waals surface area contributed by atoms with Gasteiger partial charge in [-0.05, 0) is 64.4 Å². The maximum absolute atomic E-state index is 12.9. The molecule has 0 radical (unpaired) electrons. The molecule has 34 heavy (non-hydrogen) atoms. The number of rotatable bonds is 7. The molecular weight excluding hydrogens is 430 g/mol. The summed E-state index contributed by atoms with van der Waals surface area (Å²) < 4.78 is 5.47. The van der Waals surface area contributed by atoms with Crippen molar-refractivity contribution in [3.8, 4) is 11.4 Å². The number of carbonyl (C=O) groups is 2. The first-order chi connectivity index (χ1) is 16.4. The molecule has 1 saturated heterocycles. The van der Waals surface area contributed by atoms with Crippen LogP contribution in [0.3, 0.4) is 0 Å². The molecule has 0 aliphatic carbocycles. The normalized spacial score (nSPS) is 14.8. The van der Waals surface area contributed by atoms with E-state index in [-0.39, 0.29) is 23.8 Å². The van der Waals surface area contributed by atoms with Crippen LogP contribution in [0.4, 0.5) is 5.69 Å². The number of carbonyl (C=O) groups excluding carboxylic acids is 2. The van der Waals surface area contributed by atoms with Gasteiger partial charge in [0.1, 0.15) is 0 Å². The van der Waals surface area contributed by atoms with E-state index in [2.05, 4.69) is 25.7 Å². The van der Waals surface area contributed by atoms with Crippen molar-refractivity contribution in [1.82, 2.24) is 20.4 Å². The Morgan fingerprint density at radius 3 is 2.53 bits per heavy atom. The molecule has 2 amide bonds. The third kappa shape index (κ3) is 5.69. The number of amides is 2. The number of nitrogens with zero attached hydrogens (tertiary/aromatic N) is 3. The van der Waals surface area contributed by atoms with E-state index in [1.807, 2.05) is 51.1 Å². The molecule has 178 valence electrons. The van der Waals surface area contributed by atoms with Crippen LogP contribution in [0, 0.1) is 12.8 Å². The zero-order valence-electron chi connectivity index (χ0n) is 19.9. The van der Waals surface area contributed by atoms with Crippen LogP contribution in [-0.4, -0.2) is 46.0 Å². The Kier molecular flexibility index (Phi) is 7.37. The fraction of sp³-hybridized carbons (Fsp3) is 0.385. The first-order valence-corrected chi connectivity index (χ1v) is 11.7. The first-order valence-electron chi connectivity index (χ1n) is 11.7. The largest absolute Gasteiger partial charge is 0.350 e. The van der Waals surface area contributed by atoms with Gasteiger partial charge in [0.15, 0.2) is 0 Å². The third-order valence-electron chi connectivity index (χ3n) is 6.02. The minimum atomic E-state index is -0.189. The molecule has 2 aromatic carbocycles. The molecule has 0 unspecified atom stereocenters. The predicted molar refractivity (Wildman–Crippen MR) is 130 cm³/mol. The number of likely N-dealkylation sites (tertiary alicyclic amines) is 1. The lowest BCUT2D eigenvalue weighted by Crippen LogP contribution is -2.38. The van der Waals surface area contributed by atoms with Crippen LogP contribution in [0.15, 0.2) is 53.1 Å². The van der Waals surface area contributed by atoms with Gasteiger partial charge in [0.25, 0.3) is 5.91 Å². The van der Waals surface area contributed by atoms with Crippen molar-refractivity contribution in [2.24, 2.45) is 5.92 Å². The number of para-hydroxylation sites is 1. The molecule has 8 heteroatoms. The lowest BCUT2D eigenvalue weighted by molar-refractivity contribution is -0.121. The summed E-state index contributed by atoms with van der Waals surface area (Å²) in [6.45, 7) is 7.92. The zero-order chi connectivity index (χ0) is 24.1. The second kappa shape index (κ2) is 10.6. The van der Waals surface area contributed by atoms with Crippen molar-refractivity contribution in [3.05, 3.63) is 65.5 Å². The summed E-state index contributed by atoms with van der Waals surface area (Å²) in [6, 6.07) is 15.1. The van der Waals surface area contributed by atoms with Crippen molar-refractivity contribution < 1.29 is 14.1 Å². The molecule has 1 aliphatic heterocycles. The maximum atomic E-state index is 12.9. The molecule has 0 spiro atoms. The van der Waals surface area contributed by atoms with Gasteiger partial charge in [-0.15, -0.1) is 0 Å². The highest BCUT2D eigenvalue weighted by Crippen LogP contribution is 2.24. The van der Waals surface area contributed by atoms with Crippen LogP contribution in [0.2, 0.25) is 0 Å². The van der Waals surface area contributed by atoms with Crippen molar-refractivity contribution in [2.75, 3.05) is 18.4 Å². The van der Waals surface area contributed by atoms with Crippen LogP contribution >= 0.6 is 0 Å². The molecule has 4 rings (SSSR count). The smallest absolute Gasteiger partial charge is 0.253 e. The zero-order valence-corrected chi connectivity index (χ0v) is 19.9. The summed E-state index contributed by atoms with van der Waals surface area (Å²) in [7, 11) is 0. The Bertz CT molecular complexity index is 1150. The first kappa shape index (κ1) is 23.6. The molecule has 0 atom stereocenters. The number of aromatic nitrogens is 2. The van der Waals surface area contributed by atoms with Gasteiger partial charge >= 0.3 is 0 Å². The van der Waals surface area contributed by atoms with Gasteiger partial charge in [0.05, 0.1) is 17.8 Å². The Balaban J connectivity index is 1.31. The van der Waals surface area contributed by atoms with E-state index in [0.29, 0.717) is 29.5 Å². The maximum Gasteiger partial charge on any atom is 0.253 e. The topological polar surface area (TPSA) is 100 Å². The fourth-order valence-corrected chi connectivity index (χ4v) is 4.16. The highest BCUT2D eigenvalue weighted by Gasteiger charge is 2.27. The van der Waals surface area contributed by atoms with Crippen molar-refractivity contribution in [1.29, 1.82) is 0 Å². The average molecular weight is 462 g/mol. The van der Waals surface area contributed by atoms with E-state index < -0.39 is 0 Å². The number of hydrogen-bond donors (Lipinski definition) is 2. The Labute approximate surface area is 199 Å². The molecular formula is C26H31N5O3. The summed E-state index contributed by atoms with van der Waals surface area (Å²) in [6.07, 6.45) is 1.45. The molecule has 8 nitrogen and oxygen atoms in total. The third-order valence-corrected chi connectivity index (χ3v) is 6.02. The number of benzene rings is 2. The van der Waals surface area contributed by atoms with E-state index in [1.54, 1.807) is 18.2 Å². The molecule has 2 N–H and O–H groups in total. The number of piperidine rings is 1. The Hall–Kier alpha value is -3.52. The molecule has 3 aromatic rings. The monoisotopic (exact) mass is 461 g/mol. The van der Waals surface area contributed by atoms with Crippen molar-refractivity contribution in [2.45, 2.75) is 46.2 Å². The van der Waals surface area contributed by atoms with Crippen LogP contribution in [-0.2, 0) is 11.3 Å². The summed E-state index contributed by atoms with van der Waals surface area (Å²) in [5.74, 6) is 0.825. The van der Waals surface area contributed by atoms with E-state index in [4.69, 9.17) is 4.52 Å². The minimum absolute atomic E-state index is 0.0206. The molecule has 1 aromatic heterocycles. The van der Waals surface area contributed by atoms with Crippen molar-refractivity contribution >= 4 is 17.5 Å². The van der Waals surface area contributed by atoms with Crippen LogP contribution in [0.25, 0.3) is 11.4 Å². The van der Waals surface area contributed by atoms with Gasteiger partial charge in [-0.25, -0.2) is 0 Å². The van der Waals surface area contributed by atoms with Crippen LogP contribution in [0.5, 0.6) is 0 Å². The van der Waals surface area contributed by atoms with E-state index in [0.717, 1.165) is 37.1 Å². The average Bonchev–Trinajstić information content (AvgIpc) is 3.28. The molecule has 2 heterocycles. The molecule has 1 fully saturated rings. The van der Waals surface area contributed by atoms with Gasteiger partial charge in [-0.1, -0.05) is 41.6 Å². The number of nitrogens with one attached hydrogen (secondary N) is 2.